The Hall–Kier alpha value is -6.21. The summed E-state index contributed by atoms with van der Waals surface area (Å²) in [5, 5.41) is 2.07. The molecule has 0 bridgehead atoms. The fourth-order valence-electron chi connectivity index (χ4n) is 11.2. The van der Waals surface area contributed by atoms with Gasteiger partial charge in [0, 0.05) is 59.4 Å². The molecule has 2 fully saturated rings. The maximum atomic E-state index is 7.87. The lowest BCUT2D eigenvalue weighted by molar-refractivity contribution is -0.135. The number of morpholine rings is 2. The summed E-state index contributed by atoms with van der Waals surface area (Å²) < 4.78 is 58.4. The lowest BCUT2D eigenvalue weighted by atomic mass is 9.76. The summed E-state index contributed by atoms with van der Waals surface area (Å²) in [7, 11) is -1.94. The van der Waals surface area contributed by atoms with Crippen molar-refractivity contribution >= 4 is 43.0 Å². The van der Waals surface area contributed by atoms with Crippen LogP contribution in [-0.4, -0.2) is 98.8 Å². The van der Waals surface area contributed by atoms with Crippen molar-refractivity contribution in [3.8, 4) is 39.5 Å². The third kappa shape index (κ3) is 11.1. The van der Waals surface area contributed by atoms with E-state index in [9.17, 15) is 0 Å². The topological polar surface area (TPSA) is 93.9 Å². The van der Waals surface area contributed by atoms with E-state index in [1.165, 1.54) is 22.3 Å². The number of ether oxygens (including phenoxy) is 5. The van der Waals surface area contributed by atoms with Crippen LogP contribution in [0.25, 0.3) is 43.9 Å². The molecule has 0 aromatic heterocycles. The van der Waals surface area contributed by atoms with Gasteiger partial charge in [0.1, 0.15) is 23.9 Å². The predicted octanol–water partition coefficient (Wildman–Crippen LogP) is 13.7. The van der Waals surface area contributed by atoms with E-state index in [0.29, 0.717) is 37.9 Å². The minimum Gasteiger partial charge on any atom is -0.495 e. The first-order chi connectivity index (χ1) is 36.6. The van der Waals surface area contributed by atoms with Crippen molar-refractivity contribution in [3.05, 3.63) is 148 Å². The van der Waals surface area contributed by atoms with E-state index < -0.39 is 36.9 Å². The Labute approximate surface area is 457 Å². The lowest BCUT2D eigenvalue weighted by Crippen LogP contribution is -2.59. The van der Waals surface area contributed by atoms with Gasteiger partial charge in [0.15, 0.2) is 11.3 Å². The van der Waals surface area contributed by atoms with Gasteiger partial charge in [-0.25, -0.2) is 4.85 Å². The van der Waals surface area contributed by atoms with Crippen molar-refractivity contribution in [1.29, 1.82) is 0 Å². The van der Waals surface area contributed by atoms with Crippen LogP contribution in [0, 0.1) is 6.57 Å². The molecule has 0 amide bonds. The zero-order valence-electron chi connectivity index (χ0n) is 47.1. The quantitative estimate of drug-likeness (QED) is 0.0593. The summed E-state index contributed by atoms with van der Waals surface area (Å²) in [5.41, 5.74) is 9.55. The molecule has 4 aliphatic rings. The van der Waals surface area contributed by atoms with Crippen LogP contribution in [0.1, 0.15) is 104 Å². The molecule has 6 aromatic rings. The van der Waals surface area contributed by atoms with Crippen LogP contribution in [0.5, 0.6) is 17.2 Å². The number of anilines is 2. The van der Waals surface area contributed by atoms with Crippen molar-refractivity contribution in [2.24, 2.45) is 0 Å². The zero-order valence-corrected chi connectivity index (χ0v) is 48.1. The van der Waals surface area contributed by atoms with Gasteiger partial charge in [-0.05, 0) is 150 Å². The monoisotopic (exact) mass is 1060 g/mol. The third-order valence-corrected chi connectivity index (χ3v) is 17.6. The molecule has 1 atom stereocenters. The first-order valence-corrected chi connectivity index (χ1v) is 28.7. The van der Waals surface area contributed by atoms with Gasteiger partial charge in [-0.15, -0.1) is 0 Å². The maximum absolute atomic E-state index is 7.87. The molecule has 0 spiro atoms. The largest absolute Gasteiger partial charge is 0.681 e. The van der Waals surface area contributed by atoms with Crippen LogP contribution < -0.4 is 24.0 Å². The maximum Gasteiger partial charge on any atom is 0.681 e. The van der Waals surface area contributed by atoms with Crippen LogP contribution >= 0.6 is 0 Å². The molecule has 12 nitrogen and oxygen atoms in total. The standard InChI is InChI=1S/C64H75N3O9Si/c1-60(2,3)74-77(75-61(4,5)6,76-62(7,8)9)72-39-38-71-49-25-19-46(20-26-49)64(45-17-23-48(24-18-45)66-30-34-69-35-31-66)29-28-51-58-57(50-27-16-44(40-54(50)63(58,10)11)43-14-21-47(65-12)22-15-43)52-41-55(67-32-36-70-37-33-67)56(68-13)42-53(52)59(51)73-64/h14-29,40-42H,30-39H2,1-11,13H3. The normalized spacial score (nSPS) is 18.3. The first-order valence-electron chi connectivity index (χ1n) is 27.1. The fraction of sp³-hybridized carbons (Fsp3) is 0.422. The Bertz CT molecular complexity index is 3150. The average molecular weight is 1060 g/mol. The molecule has 0 saturated carbocycles. The zero-order chi connectivity index (χ0) is 54.5. The highest BCUT2D eigenvalue weighted by atomic mass is 28.4. The summed E-state index contributed by atoms with van der Waals surface area (Å²) >= 11 is 0. The Morgan fingerprint density at radius 1 is 0.649 bits per heavy atom. The Balaban J connectivity index is 1.07. The number of rotatable bonds is 14. The van der Waals surface area contributed by atoms with E-state index in [2.05, 4.69) is 107 Å². The van der Waals surface area contributed by atoms with Crippen molar-refractivity contribution < 1.29 is 41.4 Å². The lowest BCUT2D eigenvalue weighted by Gasteiger charge is -2.41. The number of hydrogen-bond acceptors (Lipinski definition) is 11. The molecule has 6 aromatic carbocycles. The summed E-state index contributed by atoms with van der Waals surface area (Å²) in [4.78, 5) is 8.39. The van der Waals surface area contributed by atoms with Crippen LogP contribution in [0.2, 0.25) is 0 Å². The number of fused-ring (bicyclic) bond motifs is 8. The van der Waals surface area contributed by atoms with Gasteiger partial charge < -0.3 is 51.2 Å². The van der Waals surface area contributed by atoms with Crippen LogP contribution in [0.15, 0.2) is 109 Å². The van der Waals surface area contributed by atoms with Crippen molar-refractivity contribution in [3.63, 3.8) is 0 Å². The molecule has 77 heavy (non-hydrogen) atoms. The smallest absolute Gasteiger partial charge is 0.495 e. The highest BCUT2D eigenvalue weighted by Gasteiger charge is 2.54. The van der Waals surface area contributed by atoms with E-state index in [4.69, 9.17) is 48.0 Å². The minimum absolute atomic E-state index is 0.185. The Morgan fingerprint density at radius 2 is 1.22 bits per heavy atom. The second kappa shape index (κ2) is 20.9. The highest BCUT2D eigenvalue weighted by Crippen LogP contribution is 2.60. The summed E-state index contributed by atoms with van der Waals surface area (Å²) in [6, 6.07) is 36.3. The average Bonchev–Trinajstić information content (AvgIpc) is 3.96. The van der Waals surface area contributed by atoms with Gasteiger partial charge in [0.05, 0.1) is 69.2 Å². The highest BCUT2D eigenvalue weighted by molar-refractivity contribution is 6.54. The fourth-order valence-corrected chi connectivity index (χ4v) is 14.1. The van der Waals surface area contributed by atoms with Gasteiger partial charge in [0.25, 0.3) is 0 Å². The molecule has 404 valence electrons. The SMILES string of the molecule is [C-]#[N+]c1ccc(-c2ccc3c(c2)C(C)(C)c2c4c(c5cc(OC)c(N6CCOCC6)cc5c2-3)OC(c2ccc(OCCO[Si](OC(C)(C)C)(OC(C)(C)C)OC(C)(C)C)cc2)(c2ccc(N3CCOCC3)cc2)C=C4)cc1. The molecule has 3 heterocycles. The van der Waals surface area contributed by atoms with E-state index >= 15 is 0 Å². The van der Waals surface area contributed by atoms with E-state index in [1.807, 2.05) is 98.7 Å². The van der Waals surface area contributed by atoms with Gasteiger partial charge in [-0.1, -0.05) is 80.6 Å². The first kappa shape index (κ1) is 54.2. The Kier molecular flexibility index (Phi) is 14.7. The molecule has 0 radical (unpaired) electrons. The Morgan fingerprint density at radius 3 is 1.79 bits per heavy atom. The molecule has 2 saturated heterocycles. The van der Waals surface area contributed by atoms with E-state index in [1.54, 1.807) is 7.11 Å². The second-order valence-electron chi connectivity index (χ2n) is 23.9. The second-order valence-corrected chi connectivity index (χ2v) is 25.8. The third-order valence-electron chi connectivity index (χ3n) is 14.5. The van der Waals surface area contributed by atoms with Crippen LogP contribution in [-0.2, 0) is 38.2 Å². The van der Waals surface area contributed by atoms with Crippen LogP contribution in [0.4, 0.5) is 17.1 Å². The summed E-state index contributed by atoms with van der Waals surface area (Å²) in [6.07, 6.45) is 4.53. The van der Waals surface area contributed by atoms with Gasteiger partial charge in [0.2, 0.25) is 0 Å². The van der Waals surface area contributed by atoms with Gasteiger partial charge >= 0.3 is 9.05 Å². The van der Waals surface area contributed by atoms with Crippen molar-refractivity contribution in [2.75, 3.05) is 82.7 Å². The summed E-state index contributed by atoms with van der Waals surface area (Å²) in [6.45, 7) is 36.3. The molecule has 1 unspecified atom stereocenters. The van der Waals surface area contributed by atoms with E-state index in [0.717, 1.165) is 87.6 Å². The van der Waals surface area contributed by atoms with Gasteiger partial charge in [-0.2, -0.15) is 0 Å². The molecular weight excluding hydrogens is 983 g/mol. The molecule has 1 aliphatic carbocycles. The number of methoxy groups -OCH3 is 1. The number of nitrogens with zero attached hydrogens (tertiary/aromatic N) is 3. The molecule has 10 rings (SSSR count). The van der Waals surface area contributed by atoms with Crippen molar-refractivity contribution in [2.45, 2.75) is 104 Å². The van der Waals surface area contributed by atoms with Crippen molar-refractivity contribution in [1.82, 2.24) is 0 Å². The predicted molar refractivity (Wildman–Crippen MR) is 309 cm³/mol. The molecule has 3 aliphatic heterocycles. The number of hydrogen-bond donors (Lipinski definition) is 0. The molecule has 0 N–H and O–H groups in total. The minimum atomic E-state index is -3.69. The number of benzene rings is 6. The summed E-state index contributed by atoms with van der Waals surface area (Å²) in [5.74, 6) is 2.25. The van der Waals surface area contributed by atoms with Crippen LogP contribution in [0.3, 0.4) is 0 Å². The molecule has 13 heteroatoms. The van der Waals surface area contributed by atoms with Gasteiger partial charge in [-0.3, -0.25) is 0 Å². The molecular formula is C64H75N3O9Si. The van der Waals surface area contributed by atoms with E-state index in [-0.39, 0.29) is 13.2 Å².